The first-order chi connectivity index (χ1) is 8.44. The zero-order valence-corrected chi connectivity index (χ0v) is 12.0. The summed E-state index contributed by atoms with van der Waals surface area (Å²) in [6.07, 6.45) is 0.994. The van der Waals surface area contributed by atoms with Gasteiger partial charge in [-0.15, -0.1) is 0 Å². The third-order valence-electron chi connectivity index (χ3n) is 2.92. The highest BCUT2D eigenvalue weighted by molar-refractivity contribution is 6.31. The van der Waals surface area contributed by atoms with E-state index in [1.165, 1.54) is 12.1 Å². The molecule has 0 aliphatic heterocycles. The molecule has 4 heteroatoms. The van der Waals surface area contributed by atoms with Crippen LogP contribution in [0.25, 0.3) is 0 Å². The van der Waals surface area contributed by atoms with E-state index in [-0.39, 0.29) is 11.2 Å². The van der Waals surface area contributed by atoms with Crippen molar-refractivity contribution in [2.24, 2.45) is 5.41 Å². The quantitative estimate of drug-likeness (QED) is 0.819. The van der Waals surface area contributed by atoms with E-state index in [1.54, 1.807) is 13.2 Å². The Morgan fingerprint density at radius 1 is 1.39 bits per heavy atom. The van der Waals surface area contributed by atoms with Gasteiger partial charge >= 0.3 is 0 Å². The Morgan fingerprint density at radius 2 is 2.11 bits per heavy atom. The number of rotatable bonds is 7. The summed E-state index contributed by atoms with van der Waals surface area (Å²) in [6.45, 7) is 6.64. The SMILES string of the molecule is COCCC(C)(C)CNCc1ccc(F)cc1Cl. The Hall–Kier alpha value is -0.640. The van der Waals surface area contributed by atoms with Crippen LogP contribution in [0, 0.1) is 11.2 Å². The van der Waals surface area contributed by atoms with Crippen molar-refractivity contribution in [3.63, 3.8) is 0 Å². The van der Waals surface area contributed by atoms with Crippen LogP contribution in [-0.4, -0.2) is 20.3 Å². The summed E-state index contributed by atoms with van der Waals surface area (Å²) in [7, 11) is 1.71. The average Bonchev–Trinajstić information content (AvgIpc) is 2.29. The summed E-state index contributed by atoms with van der Waals surface area (Å²) in [5.74, 6) is -0.302. The van der Waals surface area contributed by atoms with Gasteiger partial charge in [0.25, 0.3) is 0 Å². The molecule has 0 atom stereocenters. The van der Waals surface area contributed by atoms with Crippen LogP contribution in [0.2, 0.25) is 5.02 Å². The predicted molar refractivity (Wildman–Crippen MR) is 73.4 cm³/mol. The summed E-state index contributed by atoms with van der Waals surface area (Å²) < 4.78 is 18.0. The molecular formula is C14H21ClFNO. The topological polar surface area (TPSA) is 21.3 Å². The van der Waals surface area contributed by atoms with Crippen molar-refractivity contribution >= 4 is 11.6 Å². The maximum Gasteiger partial charge on any atom is 0.124 e. The molecule has 0 unspecified atom stereocenters. The first-order valence-corrected chi connectivity index (χ1v) is 6.46. The molecular weight excluding hydrogens is 253 g/mol. The molecule has 0 bridgehead atoms. The van der Waals surface area contributed by atoms with Crippen molar-refractivity contribution in [1.29, 1.82) is 0 Å². The number of halogens is 2. The summed E-state index contributed by atoms with van der Waals surface area (Å²) >= 11 is 5.96. The zero-order chi connectivity index (χ0) is 13.6. The van der Waals surface area contributed by atoms with E-state index in [9.17, 15) is 4.39 Å². The molecule has 0 aliphatic carbocycles. The van der Waals surface area contributed by atoms with Crippen LogP contribution in [0.1, 0.15) is 25.8 Å². The second-order valence-electron chi connectivity index (χ2n) is 5.25. The van der Waals surface area contributed by atoms with Crippen LogP contribution in [0.4, 0.5) is 4.39 Å². The number of ether oxygens (including phenoxy) is 1. The van der Waals surface area contributed by atoms with Gasteiger partial charge in [-0.3, -0.25) is 0 Å². The van der Waals surface area contributed by atoms with Gasteiger partial charge in [0.2, 0.25) is 0 Å². The minimum atomic E-state index is -0.302. The second-order valence-corrected chi connectivity index (χ2v) is 5.65. The molecule has 0 aromatic heterocycles. The van der Waals surface area contributed by atoms with Crippen LogP contribution < -0.4 is 5.32 Å². The Bertz CT molecular complexity index is 382. The highest BCUT2D eigenvalue weighted by atomic mass is 35.5. The molecule has 0 spiro atoms. The molecule has 1 aromatic carbocycles. The van der Waals surface area contributed by atoms with Gasteiger partial charge in [-0.2, -0.15) is 0 Å². The molecule has 18 heavy (non-hydrogen) atoms. The summed E-state index contributed by atoms with van der Waals surface area (Å²) in [5, 5.41) is 3.82. The molecule has 0 saturated carbocycles. The zero-order valence-electron chi connectivity index (χ0n) is 11.2. The fraction of sp³-hybridized carbons (Fsp3) is 0.571. The van der Waals surface area contributed by atoms with Crippen LogP contribution in [0.3, 0.4) is 0 Å². The third-order valence-corrected chi connectivity index (χ3v) is 3.27. The number of hydrogen-bond acceptors (Lipinski definition) is 2. The van der Waals surface area contributed by atoms with Crippen molar-refractivity contribution in [1.82, 2.24) is 5.32 Å². The first-order valence-electron chi connectivity index (χ1n) is 6.08. The molecule has 1 N–H and O–H groups in total. The molecule has 102 valence electrons. The lowest BCUT2D eigenvalue weighted by Crippen LogP contribution is -2.30. The van der Waals surface area contributed by atoms with Gasteiger partial charge in [0, 0.05) is 31.8 Å². The minimum Gasteiger partial charge on any atom is -0.385 e. The molecule has 0 heterocycles. The van der Waals surface area contributed by atoms with Crippen LogP contribution in [0.15, 0.2) is 18.2 Å². The van der Waals surface area contributed by atoms with Gasteiger partial charge in [-0.25, -0.2) is 4.39 Å². The number of nitrogens with one attached hydrogen (secondary N) is 1. The Morgan fingerprint density at radius 3 is 2.72 bits per heavy atom. The van der Waals surface area contributed by atoms with E-state index in [0.717, 1.165) is 25.1 Å². The highest BCUT2D eigenvalue weighted by Gasteiger charge is 2.16. The number of methoxy groups -OCH3 is 1. The van der Waals surface area contributed by atoms with E-state index in [4.69, 9.17) is 16.3 Å². The maximum atomic E-state index is 12.9. The van der Waals surface area contributed by atoms with E-state index >= 15 is 0 Å². The van der Waals surface area contributed by atoms with E-state index < -0.39 is 0 Å². The van der Waals surface area contributed by atoms with E-state index in [0.29, 0.717) is 11.6 Å². The van der Waals surface area contributed by atoms with Gasteiger partial charge in [-0.05, 0) is 29.5 Å². The molecule has 1 aromatic rings. The van der Waals surface area contributed by atoms with Gasteiger partial charge in [-0.1, -0.05) is 31.5 Å². The number of hydrogen-bond donors (Lipinski definition) is 1. The lowest BCUT2D eigenvalue weighted by Gasteiger charge is -2.24. The predicted octanol–water partition coefficient (Wildman–Crippen LogP) is 3.63. The summed E-state index contributed by atoms with van der Waals surface area (Å²) in [4.78, 5) is 0. The van der Waals surface area contributed by atoms with Crippen molar-refractivity contribution < 1.29 is 9.13 Å². The Labute approximate surface area is 113 Å². The van der Waals surface area contributed by atoms with Gasteiger partial charge in [0.1, 0.15) is 5.82 Å². The Balaban J connectivity index is 2.41. The average molecular weight is 274 g/mol. The molecule has 0 amide bonds. The fourth-order valence-corrected chi connectivity index (χ4v) is 1.90. The number of benzene rings is 1. The first kappa shape index (κ1) is 15.4. The van der Waals surface area contributed by atoms with Gasteiger partial charge in [0.05, 0.1) is 0 Å². The smallest absolute Gasteiger partial charge is 0.124 e. The Kier molecular flexibility index (Phi) is 6.06. The van der Waals surface area contributed by atoms with Crippen LogP contribution in [0.5, 0.6) is 0 Å². The van der Waals surface area contributed by atoms with Crippen molar-refractivity contribution in [3.05, 3.63) is 34.6 Å². The third kappa shape index (κ3) is 5.34. The van der Waals surface area contributed by atoms with Crippen molar-refractivity contribution in [2.45, 2.75) is 26.8 Å². The lowest BCUT2D eigenvalue weighted by molar-refractivity contribution is 0.150. The molecule has 2 nitrogen and oxygen atoms in total. The molecule has 0 saturated heterocycles. The normalized spacial score (nSPS) is 11.8. The fourth-order valence-electron chi connectivity index (χ4n) is 1.67. The molecule has 0 aliphatic rings. The summed E-state index contributed by atoms with van der Waals surface area (Å²) in [5.41, 5.74) is 1.09. The summed E-state index contributed by atoms with van der Waals surface area (Å²) in [6, 6.07) is 4.49. The largest absolute Gasteiger partial charge is 0.385 e. The monoisotopic (exact) mass is 273 g/mol. The molecule has 0 radical (unpaired) electrons. The van der Waals surface area contributed by atoms with Crippen LogP contribution in [-0.2, 0) is 11.3 Å². The molecule has 1 rings (SSSR count). The van der Waals surface area contributed by atoms with Crippen molar-refractivity contribution in [2.75, 3.05) is 20.3 Å². The van der Waals surface area contributed by atoms with E-state index in [2.05, 4.69) is 19.2 Å². The van der Waals surface area contributed by atoms with Crippen molar-refractivity contribution in [3.8, 4) is 0 Å². The lowest BCUT2D eigenvalue weighted by atomic mass is 9.89. The standard InChI is InChI=1S/C14H21ClFNO/c1-14(2,6-7-18-3)10-17-9-11-4-5-12(16)8-13(11)15/h4-5,8,17H,6-7,9-10H2,1-3H3. The maximum absolute atomic E-state index is 12.9. The van der Waals surface area contributed by atoms with Gasteiger partial charge < -0.3 is 10.1 Å². The highest BCUT2D eigenvalue weighted by Crippen LogP contribution is 2.20. The molecule has 0 fully saturated rings. The van der Waals surface area contributed by atoms with Crippen LogP contribution >= 0.6 is 11.6 Å². The van der Waals surface area contributed by atoms with E-state index in [1.807, 2.05) is 0 Å². The van der Waals surface area contributed by atoms with Gasteiger partial charge in [0.15, 0.2) is 0 Å². The minimum absolute atomic E-state index is 0.169. The second kappa shape index (κ2) is 7.07.